The SMILES string of the molecule is CCn1c(SCC(=O)N[C@@H]2COc3ccc(OC)cc32)nnc1[C@@H](C)c1ccccc1. The van der Waals surface area contributed by atoms with E-state index in [1.807, 2.05) is 36.4 Å². The normalized spacial score (nSPS) is 15.8. The van der Waals surface area contributed by atoms with Crippen LogP contribution in [0.1, 0.15) is 42.8 Å². The number of rotatable bonds is 8. The number of hydrogen-bond acceptors (Lipinski definition) is 6. The van der Waals surface area contributed by atoms with Gasteiger partial charge in [-0.05, 0) is 30.7 Å². The summed E-state index contributed by atoms with van der Waals surface area (Å²) in [5.41, 5.74) is 2.13. The van der Waals surface area contributed by atoms with Gasteiger partial charge in [-0.3, -0.25) is 4.79 Å². The van der Waals surface area contributed by atoms with E-state index in [4.69, 9.17) is 9.47 Å². The highest BCUT2D eigenvalue weighted by Gasteiger charge is 2.26. The first-order chi connectivity index (χ1) is 15.1. The van der Waals surface area contributed by atoms with E-state index in [-0.39, 0.29) is 23.6 Å². The van der Waals surface area contributed by atoms with Crippen LogP contribution in [0.25, 0.3) is 0 Å². The van der Waals surface area contributed by atoms with Crippen LogP contribution >= 0.6 is 11.8 Å². The van der Waals surface area contributed by atoms with Crippen LogP contribution in [0.5, 0.6) is 11.5 Å². The van der Waals surface area contributed by atoms with Crippen molar-refractivity contribution in [2.45, 2.75) is 37.5 Å². The van der Waals surface area contributed by atoms with E-state index in [0.29, 0.717) is 6.61 Å². The number of thioether (sulfide) groups is 1. The zero-order valence-corrected chi connectivity index (χ0v) is 18.7. The second-order valence-electron chi connectivity index (χ2n) is 7.34. The average molecular weight is 439 g/mol. The third-order valence-corrected chi connectivity index (χ3v) is 6.38. The summed E-state index contributed by atoms with van der Waals surface area (Å²) in [4.78, 5) is 12.6. The molecule has 1 amide bonds. The maximum atomic E-state index is 12.6. The number of aromatic nitrogens is 3. The Bertz CT molecular complexity index is 1050. The zero-order chi connectivity index (χ0) is 21.8. The van der Waals surface area contributed by atoms with Crippen LogP contribution in [-0.2, 0) is 11.3 Å². The minimum Gasteiger partial charge on any atom is -0.497 e. The van der Waals surface area contributed by atoms with Crippen LogP contribution in [0.4, 0.5) is 0 Å². The van der Waals surface area contributed by atoms with Crippen molar-refractivity contribution < 1.29 is 14.3 Å². The molecule has 4 rings (SSSR count). The van der Waals surface area contributed by atoms with Gasteiger partial charge in [0.1, 0.15) is 23.9 Å². The Kier molecular flexibility index (Phi) is 6.46. The Labute approximate surface area is 186 Å². The Morgan fingerprint density at radius 1 is 1.29 bits per heavy atom. The maximum absolute atomic E-state index is 12.6. The van der Waals surface area contributed by atoms with E-state index in [0.717, 1.165) is 34.6 Å². The molecule has 1 N–H and O–H groups in total. The van der Waals surface area contributed by atoms with Gasteiger partial charge in [0.2, 0.25) is 5.91 Å². The van der Waals surface area contributed by atoms with Crippen LogP contribution in [0.3, 0.4) is 0 Å². The Morgan fingerprint density at radius 3 is 2.84 bits per heavy atom. The molecule has 0 bridgehead atoms. The molecule has 1 aliphatic heterocycles. The summed E-state index contributed by atoms with van der Waals surface area (Å²) in [6, 6.07) is 15.7. The Morgan fingerprint density at radius 2 is 2.10 bits per heavy atom. The number of carbonyl (C=O) groups excluding carboxylic acids is 1. The summed E-state index contributed by atoms with van der Waals surface area (Å²) in [5, 5.41) is 12.6. The number of nitrogens with one attached hydrogen (secondary N) is 1. The van der Waals surface area contributed by atoms with Gasteiger partial charge in [0.05, 0.1) is 18.9 Å². The van der Waals surface area contributed by atoms with E-state index >= 15 is 0 Å². The van der Waals surface area contributed by atoms with E-state index in [1.54, 1.807) is 7.11 Å². The number of fused-ring (bicyclic) bond motifs is 1. The molecule has 7 nitrogen and oxygen atoms in total. The molecule has 0 spiro atoms. The van der Waals surface area contributed by atoms with Gasteiger partial charge in [0, 0.05) is 18.0 Å². The van der Waals surface area contributed by atoms with Crippen LogP contribution in [0.2, 0.25) is 0 Å². The molecule has 31 heavy (non-hydrogen) atoms. The molecule has 0 unspecified atom stereocenters. The molecule has 2 aromatic carbocycles. The number of carbonyl (C=O) groups is 1. The molecule has 8 heteroatoms. The number of benzene rings is 2. The molecular weight excluding hydrogens is 412 g/mol. The molecule has 2 atom stereocenters. The van der Waals surface area contributed by atoms with Gasteiger partial charge in [-0.15, -0.1) is 10.2 Å². The third-order valence-electron chi connectivity index (χ3n) is 5.41. The smallest absolute Gasteiger partial charge is 0.231 e. The van der Waals surface area contributed by atoms with E-state index in [1.165, 1.54) is 17.3 Å². The molecular formula is C23H26N4O3S. The van der Waals surface area contributed by atoms with Crippen LogP contribution in [-0.4, -0.2) is 40.1 Å². The van der Waals surface area contributed by atoms with Crippen molar-refractivity contribution in [1.29, 1.82) is 0 Å². The summed E-state index contributed by atoms with van der Waals surface area (Å²) in [5.74, 6) is 2.74. The van der Waals surface area contributed by atoms with Gasteiger partial charge in [0.25, 0.3) is 0 Å². The predicted molar refractivity (Wildman–Crippen MR) is 120 cm³/mol. The fraction of sp³-hybridized carbons (Fsp3) is 0.348. The van der Waals surface area contributed by atoms with Gasteiger partial charge < -0.3 is 19.4 Å². The molecule has 1 aliphatic rings. The number of ether oxygens (including phenoxy) is 2. The highest BCUT2D eigenvalue weighted by molar-refractivity contribution is 7.99. The first-order valence-corrected chi connectivity index (χ1v) is 11.3. The number of methoxy groups -OCH3 is 1. The van der Waals surface area contributed by atoms with E-state index < -0.39 is 0 Å². The lowest BCUT2D eigenvalue weighted by Gasteiger charge is -2.14. The third kappa shape index (κ3) is 4.54. The molecule has 162 valence electrons. The summed E-state index contributed by atoms with van der Waals surface area (Å²) in [6.45, 7) is 5.35. The van der Waals surface area contributed by atoms with Crippen molar-refractivity contribution in [3.05, 3.63) is 65.5 Å². The first kappa shape index (κ1) is 21.2. The van der Waals surface area contributed by atoms with Crippen LogP contribution < -0.4 is 14.8 Å². The van der Waals surface area contributed by atoms with Gasteiger partial charge in [0.15, 0.2) is 5.16 Å². The summed E-state index contributed by atoms with van der Waals surface area (Å²) >= 11 is 1.40. The second-order valence-corrected chi connectivity index (χ2v) is 8.28. The highest BCUT2D eigenvalue weighted by atomic mass is 32.2. The quantitative estimate of drug-likeness (QED) is 0.539. The standard InChI is InChI=1S/C23H26N4O3S/c1-4-27-22(15(2)16-8-6-5-7-9-16)25-26-23(27)31-14-21(28)24-19-13-30-20-11-10-17(29-3)12-18(19)20/h5-12,15,19H,4,13-14H2,1-3H3,(H,24,28)/t15-,19+/m0/s1. The van der Waals surface area contributed by atoms with E-state index in [9.17, 15) is 4.79 Å². The van der Waals surface area contributed by atoms with Crippen LogP contribution in [0.15, 0.2) is 53.7 Å². The lowest BCUT2D eigenvalue weighted by atomic mass is 10.0. The predicted octanol–water partition coefficient (Wildman–Crippen LogP) is 3.80. The molecule has 0 fully saturated rings. The molecule has 2 heterocycles. The van der Waals surface area contributed by atoms with Gasteiger partial charge >= 0.3 is 0 Å². The highest BCUT2D eigenvalue weighted by Crippen LogP contribution is 2.35. The monoisotopic (exact) mass is 438 g/mol. The second kappa shape index (κ2) is 9.43. The van der Waals surface area contributed by atoms with Crippen molar-refractivity contribution in [3.63, 3.8) is 0 Å². The Balaban J connectivity index is 1.40. The fourth-order valence-corrected chi connectivity index (χ4v) is 4.54. The number of nitrogens with zero attached hydrogens (tertiary/aromatic N) is 3. The van der Waals surface area contributed by atoms with Crippen LogP contribution in [0, 0.1) is 0 Å². The number of hydrogen-bond donors (Lipinski definition) is 1. The summed E-state index contributed by atoms with van der Waals surface area (Å²) < 4.78 is 13.0. The van der Waals surface area contributed by atoms with Crippen molar-refractivity contribution in [2.75, 3.05) is 19.5 Å². The summed E-state index contributed by atoms with van der Waals surface area (Å²) in [6.07, 6.45) is 0. The first-order valence-electron chi connectivity index (χ1n) is 10.3. The minimum atomic E-state index is -0.184. The van der Waals surface area contributed by atoms with Gasteiger partial charge in [-0.1, -0.05) is 49.0 Å². The molecule has 3 aromatic rings. The Hall–Kier alpha value is -3.00. The average Bonchev–Trinajstić information content (AvgIpc) is 3.41. The molecule has 0 radical (unpaired) electrons. The molecule has 0 aliphatic carbocycles. The largest absolute Gasteiger partial charge is 0.497 e. The number of amides is 1. The fourth-order valence-electron chi connectivity index (χ4n) is 3.72. The minimum absolute atomic E-state index is 0.0717. The molecule has 0 saturated heterocycles. The molecule has 0 saturated carbocycles. The van der Waals surface area contributed by atoms with Gasteiger partial charge in [-0.2, -0.15) is 0 Å². The van der Waals surface area contributed by atoms with E-state index in [2.05, 4.69) is 46.1 Å². The lowest BCUT2D eigenvalue weighted by molar-refractivity contribution is -0.119. The van der Waals surface area contributed by atoms with Crippen molar-refractivity contribution >= 4 is 17.7 Å². The van der Waals surface area contributed by atoms with Crippen molar-refractivity contribution in [3.8, 4) is 11.5 Å². The van der Waals surface area contributed by atoms with Crippen molar-refractivity contribution in [1.82, 2.24) is 20.1 Å². The topological polar surface area (TPSA) is 78.3 Å². The lowest BCUT2D eigenvalue weighted by Crippen LogP contribution is -2.30. The zero-order valence-electron chi connectivity index (χ0n) is 17.9. The molecule has 1 aromatic heterocycles. The maximum Gasteiger partial charge on any atom is 0.231 e. The van der Waals surface area contributed by atoms with Crippen molar-refractivity contribution in [2.24, 2.45) is 0 Å². The van der Waals surface area contributed by atoms with Gasteiger partial charge in [-0.25, -0.2) is 0 Å². The summed E-state index contributed by atoms with van der Waals surface area (Å²) in [7, 11) is 1.62.